The van der Waals surface area contributed by atoms with Crippen LogP contribution in [0.5, 0.6) is 0 Å². The Bertz CT molecular complexity index is 2430. The third kappa shape index (κ3) is 9.52. The molecule has 3 N–H and O–H groups in total. The molecule has 0 fully saturated rings. The molecule has 3 amide bonds. The summed E-state index contributed by atoms with van der Waals surface area (Å²) in [6.07, 6.45) is 1.66. The highest BCUT2D eigenvalue weighted by molar-refractivity contribution is 8.00. The first-order valence-corrected chi connectivity index (χ1v) is 19.3. The molecule has 7 aromatic rings. The average Bonchev–Trinajstić information content (AvgIpc) is 3.60. The van der Waals surface area contributed by atoms with Gasteiger partial charge in [-0.3, -0.25) is 14.4 Å². The minimum Gasteiger partial charge on any atom is -0.321 e. The molecule has 55 heavy (non-hydrogen) atoms. The number of anilines is 2. The van der Waals surface area contributed by atoms with Gasteiger partial charge in [0.05, 0.1) is 5.69 Å². The molecule has 0 spiro atoms. The molecule has 6 aromatic carbocycles. The summed E-state index contributed by atoms with van der Waals surface area (Å²) in [5, 5.41) is 8.74. The second-order valence-electron chi connectivity index (χ2n) is 12.5. The van der Waals surface area contributed by atoms with Gasteiger partial charge in [0.25, 0.3) is 11.8 Å². The summed E-state index contributed by atoms with van der Waals surface area (Å²) in [4.78, 5) is 47.6. The molecule has 7 nitrogen and oxygen atoms in total. The van der Waals surface area contributed by atoms with E-state index in [1.807, 2.05) is 146 Å². The number of carbonyl (C=O) groups is 3. The van der Waals surface area contributed by atoms with Gasteiger partial charge < -0.3 is 16.0 Å². The third-order valence-corrected chi connectivity index (χ3v) is 10.8. The Labute approximate surface area is 328 Å². The Hall–Kier alpha value is -6.55. The molecule has 0 aliphatic rings. The van der Waals surface area contributed by atoms with Gasteiger partial charge in [-0.15, -0.1) is 23.1 Å². The fourth-order valence-corrected chi connectivity index (χ4v) is 7.80. The fraction of sp³-hybridized carbons (Fsp3) is 0.0435. The van der Waals surface area contributed by atoms with Crippen molar-refractivity contribution in [3.05, 3.63) is 197 Å². The van der Waals surface area contributed by atoms with Gasteiger partial charge in [-0.1, -0.05) is 140 Å². The Morgan fingerprint density at radius 1 is 0.655 bits per heavy atom. The van der Waals surface area contributed by atoms with E-state index in [-0.39, 0.29) is 11.6 Å². The predicted octanol–water partition coefficient (Wildman–Crippen LogP) is 10.7. The molecule has 0 bridgehead atoms. The summed E-state index contributed by atoms with van der Waals surface area (Å²) < 4.78 is 0. The number of nitrogens with zero attached hydrogens (tertiary/aromatic N) is 1. The molecule has 0 aliphatic carbocycles. The van der Waals surface area contributed by atoms with Crippen molar-refractivity contribution in [3.8, 4) is 22.4 Å². The van der Waals surface area contributed by atoms with Crippen LogP contribution in [0.15, 0.2) is 180 Å². The Balaban J connectivity index is 1.11. The van der Waals surface area contributed by atoms with Gasteiger partial charge in [0.1, 0.15) is 10.9 Å². The van der Waals surface area contributed by atoms with E-state index in [0.29, 0.717) is 16.4 Å². The molecule has 0 aliphatic heterocycles. The first-order valence-electron chi connectivity index (χ1n) is 17.6. The van der Waals surface area contributed by atoms with E-state index >= 15 is 0 Å². The number of thiazole rings is 1. The lowest BCUT2D eigenvalue weighted by atomic mass is 10.0. The molecular formula is C46H36N4O3S2. The fourth-order valence-electron chi connectivity index (χ4n) is 5.88. The number of rotatable bonds is 12. The first-order chi connectivity index (χ1) is 26.9. The van der Waals surface area contributed by atoms with Crippen molar-refractivity contribution in [1.29, 1.82) is 0 Å². The minimum atomic E-state index is -0.615. The topological polar surface area (TPSA) is 100 Å². The minimum absolute atomic E-state index is 0.0783. The zero-order valence-electron chi connectivity index (χ0n) is 29.8. The molecule has 1 atom stereocenters. The highest BCUT2D eigenvalue weighted by Crippen LogP contribution is 2.38. The third-order valence-electron chi connectivity index (χ3n) is 8.62. The summed E-state index contributed by atoms with van der Waals surface area (Å²) in [6, 6.07) is 53.3. The van der Waals surface area contributed by atoms with E-state index in [1.54, 1.807) is 36.4 Å². The summed E-state index contributed by atoms with van der Waals surface area (Å²) in [5.74, 6) is -1.12. The number of carbonyl (C=O) groups excluding carboxylic acids is 3. The summed E-state index contributed by atoms with van der Waals surface area (Å²) >= 11 is 2.80. The molecular weight excluding hydrogens is 721 g/mol. The molecule has 0 saturated carbocycles. The van der Waals surface area contributed by atoms with Gasteiger partial charge in [-0.25, -0.2) is 4.98 Å². The normalized spacial score (nSPS) is 11.7. The largest absolute Gasteiger partial charge is 0.321 e. The van der Waals surface area contributed by atoms with Crippen LogP contribution < -0.4 is 16.0 Å². The number of thioether (sulfide) groups is 1. The van der Waals surface area contributed by atoms with Crippen LogP contribution in [0.25, 0.3) is 28.5 Å². The summed E-state index contributed by atoms with van der Waals surface area (Å²) in [7, 11) is 0. The second-order valence-corrected chi connectivity index (χ2v) is 14.9. The lowest BCUT2D eigenvalue weighted by Crippen LogP contribution is -2.30. The molecule has 9 heteroatoms. The van der Waals surface area contributed by atoms with E-state index in [9.17, 15) is 14.4 Å². The summed E-state index contributed by atoms with van der Waals surface area (Å²) in [6.45, 7) is 1.99. The number of nitrogens with one attached hydrogen (secondary N) is 3. The molecule has 0 saturated heterocycles. The van der Waals surface area contributed by atoms with Gasteiger partial charge in [0, 0.05) is 26.6 Å². The molecule has 0 radical (unpaired) electrons. The zero-order valence-corrected chi connectivity index (χ0v) is 31.4. The zero-order chi connectivity index (χ0) is 38.0. The molecule has 1 unspecified atom stereocenters. The maximum atomic E-state index is 13.9. The SMILES string of the molecule is Cc1sc(NC(=O)C(Sc2cccc(NC(=O)/C(=C\c3ccc(-c4ccccc4)cc3)NC(=O)c3ccccc3)c2)c2ccccc2)nc1-c1ccccc1. The van der Waals surface area contributed by atoms with Crippen molar-refractivity contribution in [2.24, 2.45) is 0 Å². The van der Waals surface area contributed by atoms with Crippen LogP contribution in [0, 0.1) is 6.92 Å². The van der Waals surface area contributed by atoms with Gasteiger partial charge in [0.15, 0.2) is 5.13 Å². The Morgan fingerprint density at radius 2 is 1.25 bits per heavy atom. The van der Waals surface area contributed by atoms with Crippen molar-refractivity contribution < 1.29 is 14.4 Å². The monoisotopic (exact) mass is 756 g/mol. The van der Waals surface area contributed by atoms with Crippen molar-refractivity contribution in [3.63, 3.8) is 0 Å². The van der Waals surface area contributed by atoms with Crippen molar-refractivity contribution in [1.82, 2.24) is 10.3 Å². The Kier molecular flexibility index (Phi) is 11.7. The molecule has 7 rings (SSSR count). The molecule has 270 valence electrons. The molecule has 1 heterocycles. The number of aromatic nitrogens is 1. The van der Waals surface area contributed by atoms with E-state index in [0.717, 1.165) is 43.3 Å². The van der Waals surface area contributed by atoms with Crippen LogP contribution in [-0.2, 0) is 9.59 Å². The van der Waals surface area contributed by atoms with E-state index in [1.165, 1.54) is 23.1 Å². The number of amides is 3. The highest BCUT2D eigenvalue weighted by Gasteiger charge is 2.24. The van der Waals surface area contributed by atoms with Gasteiger partial charge in [-0.05, 0) is 65.6 Å². The van der Waals surface area contributed by atoms with Crippen LogP contribution in [0.3, 0.4) is 0 Å². The Morgan fingerprint density at radius 3 is 1.93 bits per heavy atom. The highest BCUT2D eigenvalue weighted by atomic mass is 32.2. The van der Waals surface area contributed by atoms with Crippen LogP contribution in [0.1, 0.15) is 31.6 Å². The summed E-state index contributed by atoms with van der Waals surface area (Å²) in [5.41, 5.74) is 6.51. The second kappa shape index (κ2) is 17.5. The van der Waals surface area contributed by atoms with E-state index in [4.69, 9.17) is 4.98 Å². The number of hydrogen-bond donors (Lipinski definition) is 3. The van der Waals surface area contributed by atoms with Crippen molar-refractivity contribution in [2.45, 2.75) is 17.1 Å². The van der Waals surface area contributed by atoms with Gasteiger partial charge >= 0.3 is 0 Å². The van der Waals surface area contributed by atoms with Crippen LogP contribution in [-0.4, -0.2) is 22.7 Å². The van der Waals surface area contributed by atoms with Crippen molar-refractivity contribution in [2.75, 3.05) is 10.6 Å². The van der Waals surface area contributed by atoms with Gasteiger partial charge in [-0.2, -0.15) is 0 Å². The molecule has 1 aromatic heterocycles. The number of aryl methyl sites for hydroxylation is 1. The number of benzene rings is 6. The van der Waals surface area contributed by atoms with Gasteiger partial charge in [0.2, 0.25) is 5.91 Å². The maximum absolute atomic E-state index is 13.9. The lowest BCUT2D eigenvalue weighted by molar-refractivity contribution is -0.116. The quantitative estimate of drug-likeness (QED) is 0.0851. The van der Waals surface area contributed by atoms with Crippen LogP contribution >= 0.6 is 23.1 Å². The number of hydrogen-bond acceptors (Lipinski definition) is 6. The van der Waals surface area contributed by atoms with Crippen LogP contribution in [0.2, 0.25) is 0 Å². The first kappa shape index (κ1) is 36.8. The van der Waals surface area contributed by atoms with Crippen molar-refractivity contribution >= 4 is 57.7 Å². The van der Waals surface area contributed by atoms with E-state index in [2.05, 4.69) is 16.0 Å². The van der Waals surface area contributed by atoms with E-state index < -0.39 is 17.1 Å². The standard InChI is InChI=1S/C46H36N4O3S2/c1-31-41(35-17-8-3-9-18-35)49-46(54-31)50-45(53)42(36-19-10-4-11-20-36)55-39-24-14-23-38(30-39)47-44(52)40(48-43(51)37-21-12-5-13-22-37)29-32-25-27-34(28-26-32)33-15-6-2-7-16-33/h2-30,42H,1H3,(H,47,52)(H,48,51)(H,49,50,53)/b40-29+. The average molecular weight is 757 g/mol. The predicted molar refractivity (Wildman–Crippen MR) is 225 cm³/mol. The smallest absolute Gasteiger partial charge is 0.272 e. The van der Waals surface area contributed by atoms with Crippen LogP contribution in [0.4, 0.5) is 10.8 Å². The lowest BCUT2D eigenvalue weighted by Gasteiger charge is -2.17. The maximum Gasteiger partial charge on any atom is 0.272 e.